The van der Waals surface area contributed by atoms with E-state index >= 15 is 0 Å². The Kier molecular flexibility index (Phi) is 6.71. The van der Waals surface area contributed by atoms with Gasteiger partial charge in [-0.25, -0.2) is 0 Å². The topological polar surface area (TPSA) is 67.2 Å². The first-order valence-electron chi connectivity index (χ1n) is 6.95. The summed E-state index contributed by atoms with van der Waals surface area (Å²) in [6.07, 6.45) is 4.24. The molecule has 2 N–H and O–H groups in total. The smallest absolute Gasteiger partial charge is 0.315 e. The van der Waals surface area contributed by atoms with Crippen LogP contribution in [0.2, 0.25) is 0 Å². The summed E-state index contributed by atoms with van der Waals surface area (Å²) in [5.41, 5.74) is 1.34. The van der Waals surface area contributed by atoms with Crippen molar-refractivity contribution in [2.75, 3.05) is 23.7 Å². The van der Waals surface area contributed by atoms with Gasteiger partial charge in [0.15, 0.2) is 0 Å². The molecule has 0 unspecified atom stereocenters. The van der Waals surface area contributed by atoms with Gasteiger partial charge in [0.1, 0.15) is 11.4 Å². The molecule has 0 saturated carbocycles. The molecule has 0 bridgehead atoms. The van der Waals surface area contributed by atoms with Crippen LogP contribution in [-0.2, 0) is 0 Å². The monoisotopic (exact) mass is 265 g/mol. The number of nitrogens with one attached hydrogen (secondary N) is 2. The fraction of sp³-hybridized carbons (Fsp3) is 0.571. The van der Waals surface area contributed by atoms with E-state index in [0.29, 0.717) is 11.4 Å². The highest BCUT2D eigenvalue weighted by Gasteiger charge is 2.18. The second-order valence-corrected chi connectivity index (χ2v) is 4.52. The van der Waals surface area contributed by atoms with Gasteiger partial charge in [-0.3, -0.25) is 10.1 Å². The second kappa shape index (κ2) is 8.34. The molecule has 0 fully saturated rings. The molecule has 1 rings (SSSR count). The predicted molar refractivity (Wildman–Crippen MR) is 79.9 cm³/mol. The number of unbranched alkanes of at least 4 members (excludes halogenated alkanes) is 2. The van der Waals surface area contributed by atoms with Crippen molar-refractivity contribution < 1.29 is 4.92 Å². The summed E-state index contributed by atoms with van der Waals surface area (Å²) in [5, 5.41) is 17.5. The third kappa shape index (κ3) is 4.77. The van der Waals surface area contributed by atoms with Crippen LogP contribution in [0.5, 0.6) is 0 Å². The molecule has 0 spiro atoms. The number of rotatable bonds is 9. The van der Waals surface area contributed by atoms with Gasteiger partial charge >= 0.3 is 5.69 Å². The third-order valence-electron chi connectivity index (χ3n) is 2.88. The second-order valence-electron chi connectivity index (χ2n) is 4.52. The van der Waals surface area contributed by atoms with Crippen molar-refractivity contribution in [1.82, 2.24) is 0 Å². The molecule has 5 heteroatoms. The maximum absolute atomic E-state index is 11.2. The Bertz CT molecular complexity index is 408. The lowest BCUT2D eigenvalue weighted by Gasteiger charge is -2.11. The zero-order valence-corrected chi connectivity index (χ0v) is 11.7. The summed E-state index contributed by atoms with van der Waals surface area (Å²) in [5.74, 6) is 0. The van der Waals surface area contributed by atoms with Crippen molar-refractivity contribution >= 4 is 17.1 Å². The molecule has 106 valence electrons. The van der Waals surface area contributed by atoms with Gasteiger partial charge < -0.3 is 10.6 Å². The third-order valence-corrected chi connectivity index (χ3v) is 2.88. The van der Waals surface area contributed by atoms with E-state index in [1.165, 1.54) is 0 Å². The number of anilines is 2. The minimum absolute atomic E-state index is 0.146. The first kappa shape index (κ1) is 15.3. The minimum Gasteiger partial charge on any atom is -0.379 e. The van der Waals surface area contributed by atoms with E-state index < -0.39 is 0 Å². The van der Waals surface area contributed by atoms with E-state index in [1.807, 2.05) is 13.0 Å². The molecule has 0 saturated heterocycles. The van der Waals surface area contributed by atoms with Crippen LogP contribution in [0.1, 0.15) is 39.5 Å². The number of nitro groups is 1. The molecule has 0 aliphatic heterocycles. The SMILES string of the molecule is CCCCCNc1cccc(NCCC)c1[N+](=O)[O-]. The molecule has 0 aromatic heterocycles. The van der Waals surface area contributed by atoms with Crippen LogP contribution in [0.4, 0.5) is 17.1 Å². The maximum atomic E-state index is 11.2. The highest BCUT2D eigenvalue weighted by atomic mass is 16.6. The Hall–Kier alpha value is -1.78. The zero-order chi connectivity index (χ0) is 14.1. The van der Waals surface area contributed by atoms with Gasteiger partial charge in [0.25, 0.3) is 0 Å². The summed E-state index contributed by atoms with van der Waals surface area (Å²) >= 11 is 0. The molecule has 1 aromatic rings. The van der Waals surface area contributed by atoms with E-state index in [-0.39, 0.29) is 10.6 Å². The molecule has 1 aromatic carbocycles. The van der Waals surface area contributed by atoms with E-state index in [9.17, 15) is 10.1 Å². The van der Waals surface area contributed by atoms with E-state index in [4.69, 9.17) is 0 Å². The van der Waals surface area contributed by atoms with Crippen molar-refractivity contribution in [2.24, 2.45) is 0 Å². The Balaban J connectivity index is 2.80. The summed E-state index contributed by atoms with van der Waals surface area (Å²) in [4.78, 5) is 10.9. The first-order valence-corrected chi connectivity index (χ1v) is 6.95. The quantitative estimate of drug-likeness (QED) is 0.402. The Morgan fingerprint density at radius 2 is 1.68 bits per heavy atom. The molecular weight excluding hydrogens is 242 g/mol. The van der Waals surface area contributed by atoms with Gasteiger partial charge in [0, 0.05) is 13.1 Å². The predicted octanol–water partition coefficient (Wildman–Crippen LogP) is 4.02. The largest absolute Gasteiger partial charge is 0.379 e. The number of hydrogen-bond donors (Lipinski definition) is 2. The highest BCUT2D eigenvalue weighted by Crippen LogP contribution is 2.32. The molecule has 5 nitrogen and oxygen atoms in total. The molecule has 0 amide bonds. The Morgan fingerprint density at radius 3 is 2.21 bits per heavy atom. The summed E-state index contributed by atoms with van der Waals surface area (Å²) in [6, 6.07) is 5.36. The average Bonchev–Trinajstić information content (AvgIpc) is 2.41. The van der Waals surface area contributed by atoms with Crippen LogP contribution in [0.3, 0.4) is 0 Å². The molecule has 0 atom stereocenters. The molecule has 0 heterocycles. The number of hydrogen-bond acceptors (Lipinski definition) is 4. The van der Waals surface area contributed by atoms with Crippen LogP contribution >= 0.6 is 0 Å². The van der Waals surface area contributed by atoms with Crippen molar-refractivity contribution in [3.8, 4) is 0 Å². The van der Waals surface area contributed by atoms with Crippen LogP contribution in [-0.4, -0.2) is 18.0 Å². The lowest BCUT2D eigenvalue weighted by molar-refractivity contribution is -0.383. The van der Waals surface area contributed by atoms with Crippen molar-refractivity contribution in [2.45, 2.75) is 39.5 Å². The molecule has 0 radical (unpaired) electrons. The maximum Gasteiger partial charge on any atom is 0.315 e. The molecule has 0 aliphatic rings. The summed E-state index contributed by atoms with van der Waals surface area (Å²) < 4.78 is 0. The van der Waals surface area contributed by atoms with Crippen LogP contribution < -0.4 is 10.6 Å². The summed E-state index contributed by atoms with van der Waals surface area (Å²) in [7, 11) is 0. The molecule has 19 heavy (non-hydrogen) atoms. The van der Waals surface area contributed by atoms with E-state index in [0.717, 1.165) is 38.8 Å². The fourth-order valence-corrected chi connectivity index (χ4v) is 1.88. The van der Waals surface area contributed by atoms with Crippen molar-refractivity contribution in [1.29, 1.82) is 0 Å². The lowest BCUT2D eigenvalue weighted by atomic mass is 10.2. The normalized spacial score (nSPS) is 10.2. The van der Waals surface area contributed by atoms with Gasteiger partial charge in [-0.1, -0.05) is 32.8 Å². The van der Waals surface area contributed by atoms with Crippen molar-refractivity contribution in [3.05, 3.63) is 28.3 Å². The van der Waals surface area contributed by atoms with E-state index in [2.05, 4.69) is 17.6 Å². The molecular formula is C14H23N3O2. The standard InChI is InChI=1S/C14H23N3O2/c1-3-5-6-11-16-13-9-7-8-12(15-10-4-2)14(13)17(18)19/h7-9,15-16H,3-6,10-11H2,1-2H3. The minimum atomic E-state index is -0.319. The zero-order valence-electron chi connectivity index (χ0n) is 11.7. The van der Waals surface area contributed by atoms with Gasteiger partial charge in [0.2, 0.25) is 0 Å². The van der Waals surface area contributed by atoms with Gasteiger partial charge in [0.05, 0.1) is 4.92 Å². The highest BCUT2D eigenvalue weighted by molar-refractivity contribution is 5.76. The van der Waals surface area contributed by atoms with Crippen LogP contribution in [0.25, 0.3) is 0 Å². The van der Waals surface area contributed by atoms with Gasteiger partial charge in [-0.15, -0.1) is 0 Å². The lowest BCUT2D eigenvalue weighted by Crippen LogP contribution is -2.08. The van der Waals surface area contributed by atoms with Gasteiger partial charge in [-0.2, -0.15) is 0 Å². The Labute approximate surface area is 114 Å². The average molecular weight is 265 g/mol. The van der Waals surface area contributed by atoms with Crippen LogP contribution in [0, 0.1) is 10.1 Å². The van der Waals surface area contributed by atoms with Crippen LogP contribution in [0.15, 0.2) is 18.2 Å². The number of nitro benzene ring substituents is 1. The van der Waals surface area contributed by atoms with Crippen molar-refractivity contribution in [3.63, 3.8) is 0 Å². The number of benzene rings is 1. The number of nitrogens with zero attached hydrogens (tertiary/aromatic N) is 1. The van der Waals surface area contributed by atoms with E-state index in [1.54, 1.807) is 12.1 Å². The summed E-state index contributed by atoms with van der Waals surface area (Å²) in [6.45, 7) is 5.68. The Morgan fingerprint density at radius 1 is 1.05 bits per heavy atom. The fourth-order valence-electron chi connectivity index (χ4n) is 1.88. The number of para-hydroxylation sites is 1. The molecule has 0 aliphatic carbocycles. The first-order chi connectivity index (χ1) is 9.20. The van der Waals surface area contributed by atoms with Gasteiger partial charge in [-0.05, 0) is 25.0 Å².